The van der Waals surface area contributed by atoms with E-state index in [1.54, 1.807) is 11.3 Å². The monoisotopic (exact) mass is 341 g/mol. The van der Waals surface area contributed by atoms with Gasteiger partial charge in [0.25, 0.3) is 5.91 Å². The van der Waals surface area contributed by atoms with E-state index in [-0.39, 0.29) is 5.91 Å². The molecule has 1 aliphatic carbocycles. The Labute approximate surface area is 127 Å². The van der Waals surface area contributed by atoms with Gasteiger partial charge in [-0.2, -0.15) is 0 Å². The lowest BCUT2D eigenvalue weighted by atomic mass is 9.68. The number of halogens is 1. The van der Waals surface area contributed by atoms with Crippen LogP contribution in [0.5, 0.6) is 0 Å². The number of thiophene rings is 1. The Balaban J connectivity index is 1.62. The third-order valence-electron chi connectivity index (χ3n) is 4.81. The average Bonchev–Trinajstić information content (AvgIpc) is 2.87. The number of nitrogens with zero attached hydrogens (tertiary/aromatic N) is 1. The molecule has 1 aromatic rings. The molecule has 1 aliphatic heterocycles. The number of rotatable bonds is 1. The molecule has 2 aliphatic rings. The first kappa shape index (κ1) is 13.6. The highest BCUT2D eigenvalue weighted by Crippen LogP contribution is 2.44. The number of carbonyl (C=O) groups is 1. The van der Waals surface area contributed by atoms with Gasteiger partial charge in [0.05, 0.1) is 8.66 Å². The highest BCUT2D eigenvalue weighted by atomic mass is 79.9. The summed E-state index contributed by atoms with van der Waals surface area (Å²) in [5.74, 6) is 0.223. The van der Waals surface area contributed by atoms with Gasteiger partial charge in [-0.15, -0.1) is 11.3 Å². The van der Waals surface area contributed by atoms with Gasteiger partial charge < -0.3 is 4.90 Å². The number of piperidine rings is 1. The van der Waals surface area contributed by atoms with Crippen LogP contribution < -0.4 is 0 Å². The number of carbonyl (C=O) groups excluding carboxylic acids is 1. The van der Waals surface area contributed by atoms with Gasteiger partial charge in [-0.1, -0.05) is 19.3 Å². The lowest BCUT2D eigenvalue weighted by Gasteiger charge is -2.44. The molecule has 0 bridgehead atoms. The molecule has 1 saturated carbocycles. The Kier molecular flexibility index (Phi) is 3.99. The fourth-order valence-corrected chi connectivity index (χ4v) is 4.92. The fraction of sp³-hybridized carbons (Fsp3) is 0.667. The lowest BCUT2D eigenvalue weighted by Crippen LogP contribution is -2.43. The molecule has 3 rings (SSSR count). The summed E-state index contributed by atoms with van der Waals surface area (Å²) in [6.07, 6.45) is 9.40. The molecule has 0 unspecified atom stereocenters. The highest BCUT2D eigenvalue weighted by Gasteiger charge is 2.36. The number of likely N-dealkylation sites (tertiary alicyclic amines) is 1. The van der Waals surface area contributed by atoms with E-state index in [2.05, 4.69) is 20.8 Å². The number of hydrogen-bond donors (Lipinski definition) is 0. The van der Waals surface area contributed by atoms with E-state index in [1.807, 2.05) is 12.1 Å². The smallest absolute Gasteiger partial charge is 0.263 e. The Bertz CT molecular complexity index is 454. The Hall–Kier alpha value is -0.350. The van der Waals surface area contributed by atoms with E-state index < -0.39 is 0 Å². The summed E-state index contributed by atoms with van der Waals surface area (Å²) in [6, 6.07) is 3.90. The summed E-state index contributed by atoms with van der Waals surface area (Å²) in [5.41, 5.74) is 0.574. The third kappa shape index (κ3) is 2.89. The molecule has 0 radical (unpaired) electrons. The molecule has 0 aromatic carbocycles. The van der Waals surface area contributed by atoms with Crippen LogP contribution in [0, 0.1) is 5.41 Å². The highest BCUT2D eigenvalue weighted by molar-refractivity contribution is 9.11. The van der Waals surface area contributed by atoms with E-state index in [0.717, 1.165) is 21.8 Å². The van der Waals surface area contributed by atoms with Crippen LogP contribution in [-0.4, -0.2) is 23.9 Å². The van der Waals surface area contributed by atoms with Crippen LogP contribution in [0.2, 0.25) is 0 Å². The SMILES string of the molecule is O=C(c1ccc(Br)s1)N1CCC2(CCCCC2)CC1. The van der Waals surface area contributed by atoms with Crippen molar-refractivity contribution in [2.75, 3.05) is 13.1 Å². The normalized spacial score (nSPS) is 22.7. The van der Waals surface area contributed by atoms with Crippen molar-refractivity contribution in [3.63, 3.8) is 0 Å². The molecule has 2 nitrogen and oxygen atoms in total. The Morgan fingerprint density at radius 2 is 1.79 bits per heavy atom. The van der Waals surface area contributed by atoms with Gasteiger partial charge >= 0.3 is 0 Å². The van der Waals surface area contributed by atoms with Gasteiger partial charge in [-0.25, -0.2) is 0 Å². The quantitative estimate of drug-likeness (QED) is 0.725. The summed E-state index contributed by atoms with van der Waals surface area (Å²) in [4.78, 5) is 15.3. The molecule has 19 heavy (non-hydrogen) atoms. The van der Waals surface area contributed by atoms with Crippen molar-refractivity contribution >= 4 is 33.2 Å². The minimum Gasteiger partial charge on any atom is -0.338 e. The predicted molar refractivity (Wildman–Crippen MR) is 82.7 cm³/mol. The molecule has 104 valence electrons. The second-order valence-corrected chi connectivity index (χ2v) is 8.42. The van der Waals surface area contributed by atoms with E-state index in [9.17, 15) is 4.79 Å². The van der Waals surface area contributed by atoms with Crippen molar-refractivity contribution in [2.24, 2.45) is 5.41 Å². The van der Waals surface area contributed by atoms with Gasteiger partial charge in [0, 0.05) is 13.1 Å². The summed E-state index contributed by atoms with van der Waals surface area (Å²) in [7, 11) is 0. The lowest BCUT2D eigenvalue weighted by molar-refractivity contribution is 0.0476. The van der Waals surface area contributed by atoms with Crippen LogP contribution in [0.4, 0.5) is 0 Å². The molecule has 0 atom stereocenters. The van der Waals surface area contributed by atoms with Gasteiger partial charge in [-0.05, 0) is 59.2 Å². The maximum Gasteiger partial charge on any atom is 0.263 e. The molecule has 1 spiro atoms. The van der Waals surface area contributed by atoms with Crippen molar-refractivity contribution < 1.29 is 4.79 Å². The van der Waals surface area contributed by atoms with Crippen molar-refractivity contribution in [1.29, 1.82) is 0 Å². The zero-order valence-electron chi connectivity index (χ0n) is 11.2. The zero-order chi connectivity index (χ0) is 13.3. The topological polar surface area (TPSA) is 20.3 Å². The largest absolute Gasteiger partial charge is 0.338 e. The molecule has 0 N–H and O–H groups in total. The van der Waals surface area contributed by atoms with E-state index in [1.165, 1.54) is 44.9 Å². The van der Waals surface area contributed by atoms with Crippen molar-refractivity contribution in [1.82, 2.24) is 4.90 Å². The molecule has 1 amide bonds. The van der Waals surface area contributed by atoms with Crippen LogP contribution >= 0.6 is 27.3 Å². The predicted octanol–water partition coefficient (Wildman–Crippen LogP) is 4.70. The first-order chi connectivity index (χ1) is 9.19. The number of hydrogen-bond acceptors (Lipinski definition) is 2. The van der Waals surface area contributed by atoms with Crippen LogP contribution in [0.3, 0.4) is 0 Å². The third-order valence-corrected chi connectivity index (χ3v) is 6.42. The molecule has 2 heterocycles. The van der Waals surface area contributed by atoms with Gasteiger partial charge in [-0.3, -0.25) is 4.79 Å². The molecule has 4 heteroatoms. The van der Waals surface area contributed by atoms with Crippen LogP contribution in [-0.2, 0) is 0 Å². The zero-order valence-corrected chi connectivity index (χ0v) is 13.6. The molecule has 2 fully saturated rings. The second kappa shape index (κ2) is 5.57. The standard InChI is InChI=1S/C15H20BrNOS/c16-13-5-4-12(19-13)14(18)17-10-8-15(9-11-17)6-2-1-3-7-15/h4-5H,1-3,6-11H2. The Morgan fingerprint density at radius 1 is 1.11 bits per heavy atom. The van der Waals surface area contributed by atoms with E-state index >= 15 is 0 Å². The van der Waals surface area contributed by atoms with Gasteiger partial charge in [0.1, 0.15) is 0 Å². The van der Waals surface area contributed by atoms with E-state index in [0.29, 0.717) is 5.41 Å². The second-order valence-electron chi connectivity index (χ2n) is 5.96. The van der Waals surface area contributed by atoms with Crippen molar-refractivity contribution in [3.05, 3.63) is 20.8 Å². The number of amides is 1. The molecular formula is C15H20BrNOS. The first-order valence-corrected chi connectivity index (χ1v) is 8.84. The van der Waals surface area contributed by atoms with Crippen LogP contribution in [0.15, 0.2) is 15.9 Å². The summed E-state index contributed by atoms with van der Waals surface area (Å²) >= 11 is 4.97. The Morgan fingerprint density at radius 3 is 2.37 bits per heavy atom. The minimum absolute atomic E-state index is 0.223. The molecule has 1 aromatic heterocycles. The maximum atomic E-state index is 12.4. The molecule has 1 saturated heterocycles. The molecular weight excluding hydrogens is 322 g/mol. The van der Waals surface area contributed by atoms with Crippen LogP contribution in [0.1, 0.15) is 54.6 Å². The van der Waals surface area contributed by atoms with Gasteiger partial charge in [0.2, 0.25) is 0 Å². The summed E-state index contributed by atoms with van der Waals surface area (Å²) in [5, 5.41) is 0. The summed E-state index contributed by atoms with van der Waals surface area (Å²) in [6.45, 7) is 1.91. The van der Waals surface area contributed by atoms with Crippen molar-refractivity contribution in [2.45, 2.75) is 44.9 Å². The van der Waals surface area contributed by atoms with Crippen molar-refractivity contribution in [3.8, 4) is 0 Å². The minimum atomic E-state index is 0.223. The summed E-state index contributed by atoms with van der Waals surface area (Å²) < 4.78 is 1.04. The van der Waals surface area contributed by atoms with Crippen LogP contribution in [0.25, 0.3) is 0 Å². The average molecular weight is 342 g/mol. The maximum absolute atomic E-state index is 12.4. The fourth-order valence-electron chi connectivity index (χ4n) is 3.57. The first-order valence-electron chi connectivity index (χ1n) is 7.23. The van der Waals surface area contributed by atoms with E-state index in [4.69, 9.17) is 0 Å². The van der Waals surface area contributed by atoms with Gasteiger partial charge in [0.15, 0.2) is 0 Å².